The first kappa shape index (κ1) is 8.10. The van der Waals surface area contributed by atoms with Crippen LogP contribution in [0, 0.1) is 9.75 Å². The lowest BCUT2D eigenvalue weighted by atomic mass is 10.0. The van der Waals surface area contributed by atoms with E-state index in [1.807, 2.05) is 0 Å². The molecule has 2 fully saturated rings. The summed E-state index contributed by atoms with van der Waals surface area (Å²) in [6.45, 7) is 3.59. The Hall–Kier alpha value is -0.240. The first-order valence-electron chi connectivity index (χ1n) is 4.50. The predicted molar refractivity (Wildman–Crippen MR) is 54.1 cm³/mol. The lowest BCUT2D eigenvalue weighted by Crippen LogP contribution is -2.27. The molecule has 5 nitrogen and oxygen atoms in total. The van der Waals surface area contributed by atoms with E-state index in [9.17, 15) is 0 Å². The van der Waals surface area contributed by atoms with Gasteiger partial charge < -0.3 is 4.90 Å². The van der Waals surface area contributed by atoms with E-state index in [4.69, 9.17) is 0 Å². The molecule has 1 unspecified atom stereocenters. The molecule has 3 heterocycles. The van der Waals surface area contributed by atoms with Crippen LogP contribution in [0.2, 0.25) is 0 Å². The summed E-state index contributed by atoms with van der Waals surface area (Å²) in [5, 5.41) is 12.2. The lowest BCUT2D eigenvalue weighted by Gasteiger charge is -2.20. The predicted octanol–water partition coefficient (Wildman–Crippen LogP) is 0.154. The molecular weight excluding hydrogens is 281 g/mol. The Balaban J connectivity index is 1.87. The number of hydrogen-bond acceptors (Lipinski definition) is 4. The molecule has 0 aromatic carbocycles. The van der Waals surface area contributed by atoms with Crippen LogP contribution in [-0.4, -0.2) is 44.7 Å². The quantitative estimate of drug-likeness (QED) is 0.691. The van der Waals surface area contributed by atoms with Gasteiger partial charge >= 0.3 is 0 Å². The minimum absolute atomic E-state index is 0.477. The minimum atomic E-state index is 0.477. The fraction of sp³-hybridized carbons (Fsp3) is 0.857. The Kier molecular flexibility index (Phi) is 1.79. The summed E-state index contributed by atoms with van der Waals surface area (Å²) >= 11 is 2.10. The van der Waals surface area contributed by atoms with Crippen molar-refractivity contribution in [2.75, 3.05) is 19.6 Å². The van der Waals surface area contributed by atoms with E-state index in [1.165, 1.54) is 19.5 Å². The second kappa shape index (κ2) is 2.88. The van der Waals surface area contributed by atoms with Crippen molar-refractivity contribution in [3.63, 3.8) is 0 Å². The van der Waals surface area contributed by atoms with Gasteiger partial charge in [0.05, 0.1) is 6.04 Å². The van der Waals surface area contributed by atoms with Crippen LogP contribution in [0.15, 0.2) is 0 Å². The molecule has 0 amide bonds. The SMILES string of the molecule is Ic1nnn([C@H]2CN3CC[C@H]2C3)n1. The van der Waals surface area contributed by atoms with Gasteiger partial charge in [0.25, 0.3) is 0 Å². The van der Waals surface area contributed by atoms with Crippen LogP contribution in [0.1, 0.15) is 12.5 Å². The molecule has 3 atom stereocenters. The highest BCUT2D eigenvalue weighted by Crippen LogP contribution is 2.35. The smallest absolute Gasteiger partial charge is 0.234 e. The van der Waals surface area contributed by atoms with Crippen LogP contribution in [0.4, 0.5) is 0 Å². The Morgan fingerprint density at radius 1 is 1.38 bits per heavy atom. The number of tetrazole rings is 1. The van der Waals surface area contributed by atoms with E-state index in [-0.39, 0.29) is 0 Å². The van der Waals surface area contributed by atoms with Gasteiger partial charge in [0.15, 0.2) is 0 Å². The normalized spacial score (nSPS) is 37.2. The van der Waals surface area contributed by atoms with Crippen molar-refractivity contribution in [2.24, 2.45) is 5.92 Å². The van der Waals surface area contributed by atoms with Gasteiger partial charge in [-0.15, -0.1) is 10.2 Å². The van der Waals surface area contributed by atoms with Crippen LogP contribution < -0.4 is 0 Å². The zero-order chi connectivity index (χ0) is 8.84. The highest BCUT2D eigenvalue weighted by Gasteiger charge is 2.40. The molecule has 0 N–H and O–H groups in total. The Bertz CT molecular complexity index is 324. The fourth-order valence-corrected chi connectivity index (χ4v) is 2.68. The third-order valence-electron chi connectivity index (χ3n) is 3.00. The van der Waals surface area contributed by atoms with Gasteiger partial charge in [-0.3, -0.25) is 0 Å². The van der Waals surface area contributed by atoms with Crippen molar-refractivity contribution >= 4 is 22.6 Å². The third kappa shape index (κ3) is 1.26. The molecule has 0 aliphatic carbocycles. The number of fused-ring (bicyclic) bond motifs is 2. The monoisotopic (exact) mass is 291 g/mol. The molecule has 70 valence electrons. The molecule has 2 aliphatic rings. The standard InChI is InChI=1S/C7H10IN5/c8-7-9-11-13(10-7)6-4-12-2-1-5(6)3-12/h5-6H,1-4H2/t5-,6-/m0/s1. The molecule has 2 aliphatic heterocycles. The van der Waals surface area contributed by atoms with Crippen LogP contribution >= 0.6 is 22.6 Å². The van der Waals surface area contributed by atoms with Crippen LogP contribution in [0.5, 0.6) is 0 Å². The second-order valence-corrected chi connectivity index (χ2v) is 4.72. The molecule has 0 radical (unpaired) electrons. The number of aromatic nitrogens is 4. The molecule has 1 aromatic rings. The van der Waals surface area contributed by atoms with Crippen LogP contribution in [-0.2, 0) is 0 Å². The number of hydrogen-bond donors (Lipinski definition) is 0. The molecule has 2 saturated heterocycles. The Labute approximate surface area is 89.6 Å². The lowest BCUT2D eigenvalue weighted by molar-refractivity contribution is 0.263. The van der Waals surface area contributed by atoms with Crippen LogP contribution in [0.25, 0.3) is 0 Å². The Morgan fingerprint density at radius 3 is 2.85 bits per heavy atom. The van der Waals surface area contributed by atoms with E-state index in [0.717, 1.165) is 16.3 Å². The zero-order valence-corrected chi connectivity index (χ0v) is 9.25. The van der Waals surface area contributed by atoms with E-state index in [0.29, 0.717) is 6.04 Å². The summed E-state index contributed by atoms with van der Waals surface area (Å²) in [6.07, 6.45) is 1.29. The molecule has 2 bridgehead atoms. The van der Waals surface area contributed by atoms with Gasteiger partial charge in [0, 0.05) is 35.7 Å². The van der Waals surface area contributed by atoms with Gasteiger partial charge in [-0.2, -0.15) is 4.80 Å². The molecule has 1 aromatic heterocycles. The average Bonchev–Trinajstić information content (AvgIpc) is 2.77. The van der Waals surface area contributed by atoms with Crippen LogP contribution in [0.3, 0.4) is 0 Å². The minimum Gasteiger partial charge on any atom is -0.301 e. The summed E-state index contributed by atoms with van der Waals surface area (Å²) < 4.78 is 0.746. The number of rotatable bonds is 1. The first-order valence-corrected chi connectivity index (χ1v) is 5.58. The maximum absolute atomic E-state index is 4.27. The number of halogens is 1. The molecule has 6 heteroatoms. The van der Waals surface area contributed by atoms with E-state index >= 15 is 0 Å². The summed E-state index contributed by atoms with van der Waals surface area (Å²) in [6, 6.07) is 0.477. The van der Waals surface area contributed by atoms with Crippen molar-refractivity contribution in [1.82, 2.24) is 25.1 Å². The van der Waals surface area contributed by atoms with Gasteiger partial charge in [-0.25, -0.2) is 0 Å². The average molecular weight is 291 g/mol. The van der Waals surface area contributed by atoms with Crippen molar-refractivity contribution in [2.45, 2.75) is 12.5 Å². The van der Waals surface area contributed by atoms with Gasteiger partial charge in [0.1, 0.15) is 0 Å². The van der Waals surface area contributed by atoms with E-state index in [2.05, 4.69) is 42.9 Å². The highest BCUT2D eigenvalue weighted by atomic mass is 127. The fourth-order valence-electron chi connectivity index (χ4n) is 2.37. The Morgan fingerprint density at radius 2 is 2.31 bits per heavy atom. The molecule has 0 saturated carbocycles. The van der Waals surface area contributed by atoms with Crippen molar-refractivity contribution < 1.29 is 0 Å². The first-order chi connectivity index (χ1) is 6.33. The topological polar surface area (TPSA) is 46.8 Å². The second-order valence-electron chi connectivity index (χ2n) is 3.75. The molecule has 13 heavy (non-hydrogen) atoms. The summed E-state index contributed by atoms with van der Waals surface area (Å²) in [7, 11) is 0. The highest BCUT2D eigenvalue weighted by molar-refractivity contribution is 14.1. The largest absolute Gasteiger partial charge is 0.301 e. The van der Waals surface area contributed by atoms with E-state index < -0.39 is 0 Å². The zero-order valence-electron chi connectivity index (χ0n) is 7.10. The van der Waals surface area contributed by atoms with Gasteiger partial charge in [-0.05, 0) is 24.1 Å². The number of piperidine rings is 1. The maximum atomic E-state index is 4.27. The van der Waals surface area contributed by atoms with Gasteiger partial charge in [0.2, 0.25) is 3.83 Å². The van der Waals surface area contributed by atoms with Gasteiger partial charge in [-0.1, -0.05) is 0 Å². The maximum Gasteiger partial charge on any atom is 0.234 e. The third-order valence-corrected chi connectivity index (χ3v) is 3.43. The van der Waals surface area contributed by atoms with Crippen molar-refractivity contribution in [3.8, 4) is 0 Å². The van der Waals surface area contributed by atoms with E-state index in [1.54, 1.807) is 4.80 Å². The molecular formula is C7H10IN5. The summed E-state index contributed by atoms with van der Waals surface area (Å²) in [5.74, 6) is 0.755. The molecule has 3 rings (SSSR count). The summed E-state index contributed by atoms with van der Waals surface area (Å²) in [4.78, 5) is 4.27. The van der Waals surface area contributed by atoms with Crippen molar-refractivity contribution in [1.29, 1.82) is 0 Å². The molecule has 0 spiro atoms. The van der Waals surface area contributed by atoms with Crippen molar-refractivity contribution in [3.05, 3.63) is 3.83 Å². The summed E-state index contributed by atoms with van der Waals surface area (Å²) in [5.41, 5.74) is 0. The number of nitrogens with zero attached hydrogens (tertiary/aromatic N) is 5.